The number of hydrogen-bond acceptors (Lipinski definition) is 6. The van der Waals surface area contributed by atoms with Crippen molar-refractivity contribution in [1.82, 2.24) is 15.0 Å². The van der Waals surface area contributed by atoms with Crippen molar-refractivity contribution in [3.63, 3.8) is 0 Å². The molecule has 0 unspecified atom stereocenters. The van der Waals surface area contributed by atoms with Crippen LogP contribution in [-0.4, -0.2) is 21.5 Å². The summed E-state index contributed by atoms with van der Waals surface area (Å²) >= 11 is 0. The van der Waals surface area contributed by atoms with E-state index in [9.17, 15) is 0 Å². The van der Waals surface area contributed by atoms with Gasteiger partial charge in [0.05, 0.1) is 12.5 Å². The quantitative estimate of drug-likeness (QED) is 0.796. The molecule has 0 aliphatic heterocycles. The first-order chi connectivity index (χ1) is 9.28. The van der Waals surface area contributed by atoms with E-state index in [1.165, 1.54) is 0 Å². The predicted molar refractivity (Wildman–Crippen MR) is 73.0 cm³/mol. The lowest BCUT2D eigenvalue weighted by Crippen LogP contribution is -2.05. The molecule has 0 aliphatic rings. The summed E-state index contributed by atoms with van der Waals surface area (Å²) in [5, 5.41) is 14.8. The molecule has 2 rings (SSSR count). The summed E-state index contributed by atoms with van der Waals surface area (Å²) in [5.41, 5.74) is 0.913. The van der Waals surface area contributed by atoms with E-state index < -0.39 is 0 Å². The molecule has 0 fully saturated rings. The second kappa shape index (κ2) is 6.31. The summed E-state index contributed by atoms with van der Waals surface area (Å²) in [6, 6.07) is 7.61. The fourth-order valence-corrected chi connectivity index (χ4v) is 1.55. The normalized spacial score (nSPS) is 9.68. The van der Waals surface area contributed by atoms with Gasteiger partial charge in [0.15, 0.2) is 0 Å². The summed E-state index contributed by atoms with van der Waals surface area (Å²) < 4.78 is 0. The van der Waals surface area contributed by atoms with Crippen LogP contribution in [-0.2, 0) is 0 Å². The van der Waals surface area contributed by atoms with Crippen molar-refractivity contribution >= 4 is 17.3 Å². The van der Waals surface area contributed by atoms with Crippen molar-refractivity contribution < 1.29 is 0 Å². The smallest absolute Gasteiger partial charge is 0.136 e. The van der Waals surface area contributed by atoms with Gasteiger partial charge in [-0.2, -0.15) is 5.26 Å². The van der Waals surface area contributed by atoms with Crippen LogP contribution in [0.15, 0.2) is 30.6 Å². The molecule has 0 saturated carbocycles. The Morgan fingerprint density at radius 2 is 1.95 bits per heavy atom. The zero-order valence-electron chi connectivity index (χ0n) is 10.6. The average Bonchev–Trinajstić information content (AvgIpc) is 2.39. The van der Waals surface area contributed by atoms with Gasteiger partial charge in [0.25, 0.3) is 0 Å². The molecular formula is C13H14N6. The lowest BCUT2D eigenvalue weighted by molar-refractivity contribution is 1.01. The molecule has 96 valence electrons. The molecule has 0 amide bonds. The van der Waals surface area contributed by atoms with Crippen LogP contribution in [0.5, 0.6) is 0 Å². The Bertz CT molecular complexity index is 575. The number of nitrogens with zero attached hydrogens (tertiary/aromatic N) is 4. The number of nitrogens with one attached hydrogen (secondary N) is 2. The fraction of sp³-hybridized carbons (Fsp3) is 0.231. The van der Waals surface area contributed by atoms with Crippen molar-refractivity contribution in [3.05, 3.63) is 36.4 Å². The fourth-order valence-electron chi connectivity index (χ4n) is 1.55. The van der Waals surface area contributed by atoms with Crippen LogP contribution in [0.4, 0.5) is 17.3 Å². The maximum absolute atomic E-state index is 8.51. The lowest BCUT2D eigenvalue weighted by atomic mass is 10.4. The van der Waals surface area contributed by atoms with E-state index in [1.807, 2.05) is 25.1 Å². The monoisotopic (exact) mass is 254 g/mol. The Labute approximate surface area is 111 Å². The van der Waals surface area contributed by atoms with E-state index in [2.05, 4.69) is 31.7 Å². The maximum Gasteiger partial charge on any atom is 0.136 e. The van der Waals surface area contributed by atoms with Crippen molar-refractivity contribution in [2.24, 2.45) is 0 Å². The minimum absolute atomic E-state index is 0.441. The van der Waals surface area contributed by atoms with E-state index in [4.69, 9.17) is 5.26 Å². The molecular weight excluding hydrogens is 240 g/mol. The van der Waals surface area contributed by atoms with Gasteiger partial charge in [0, 0.05) is 30.7 Å². The number of nitriles is 1. The highest BCUT2D eigenvalue weighted by molar-refractivity contribution is 5.58. The van der Waals surface area contributed by atoms with Gasteiger partial charge in [-0.15, -0.1) is 0 Å². The van der Waals surface area contributed by atoms with Crippen LogP contribution < -0.4 is 10.6 Å². The van der Waals surface area contributed by atoms with Crippen LogP contribution in [0.25, 0.3) is 0 Å². The third-order valence-electron chi connectivity index (χ3n) is 2.33. The van der Waals surface area contributed by atoms with Crippen molar-refractivity contribution in [2.45, 2.75) is 13.3 Å². The van der Waals surface area contributed by atoms with Gasteiger partial charge < -0.3 is 10.6 Å². The zero-order valence-corrected chi connectivity index (χ0v) is 10.6. The molecule has 2 N–H and O–H groups in total. The molecule has 0 aromatic carbocycles. The molecule has 2 aromatic heterocycles. The predicted octanol–water partition coefficient (Wildman–Crippen LogP) is 2.25. The van der Waals surface area contributed by atoms with Crippen LogP contribution in [0.1, 0.15) is 12.2 Å². The van der Waals surface area contributed by atoms with Gasteiger partial charge in [-0.25, -0.2) is 9.97 Å². The SMILES string of the molecule is Cc1nc(NCCC#N)cc(Nc2ccncc2)n1. The average molecular weight is 254 g/mol. The number of hydrogen-bond donors (Lipinski definition) is 2. The van der Waals surface area contributed by atoms with E-state index in [0.717, 1.165) is 5.69 Å². The van der Waals surface area contributed by atoms with Crippen molar-refractivity contribution in [3.8, 4) is 6.07 Å². The van der Waals surface area contributed by atoms with Crippen molar-refractivity contribution in [2.75, 3.05) is 17.2 Å². The second-order valence-electron chi connectivity index (χ2n) is 3.88. The molecule has 2 aromatic rings. The van der Waals surface area contributed by atoms with E-state index in [1.54, 1.807) is 12.4 Å². The van der Waals surface area contributed by atoms with Gasteiger partial charge in [0.1, 0.15) is 17.5 Å². The summed E-state index contributed by atoms with van der Waals surface area (Å²) in [6.45, 7) is 2.40. The second-order valence-corrected chi connectivity index (χ2v) is 3.88. The largest absolute Gasteiger partial charge is 0.369 e. The summed E-state index contributed by atoms with van der Waals surface area (Å²) in [7, 11) is 0. The number of rotatable bonds is 5. The molecule has 0 atom stereocenters. The van der Waals surface area contributed by atoms with Gasteiger partial charge in [0.2, 0.25) is 0 Å². The maximum atomic E-state index is 8.51. The van der Waals surface area contributed by atoms with Gasteiger partial charge in [-0.1, -0.05) is 0 Å². The van der Waals surface area contributed by atoms with Crippen LogP contribution in [0.2, 0.25) is 0 Å². The first kappa shape index (κ1) is 12.8. The standard InChI is InChI=1S/C13H14N6/c1-10-17-12(16-6-2-5-14)9-13(18-10)19-11-3-7-15-8-4-11/h3-4,7-9H,2,6H2,1H3,(H2,15,16,17,18,19). The highest BCUT2D eigenvalue weighted by atomic mass is 15.1. The molecule has 0 bridgehead atoms. The number of pyridine rings is 1. The van der Waals surface area contributed by atoms with Gasteiger partial charge >= 0.3 is 0 Å². The lowest BCUT2D eigenvalue weighted by Gasteiger charge is -2.09. The molecule has 0 aliphatic carbocycles. The third-order valence-corrected chi connectivity index (χ3v) is 2.33. The topological polar surface area (TPSA) is 86.5 Å². The molecule has 6 heteroatoms. The first-order valence-corrected chi connectivity index (χ1v) is 5.91. The first-order valence-electron chi connectivity index (χ1n) is 5.91. The Morgan fingerprint density at radius 3 is 2.68 bits per heavy atom. The third kappa shape index (κ3) is 3.92. The highest BCUT2D eigenvalue weighted by Gasteiger charge is 2.02. The Hall–Kier alpha value is -2.68. The Kier molecular flexibility index (Phi) is 4.24. The van der Waals surface area contributed by atoms with Crippen LogP contribution in [0, 0.1) is 18.3 Å². The number of aryl methyl sites for hydroxylation is 1. The number of aromatic nitrogens is 3. The van der Waals surface area contributed by atoms with Gasteiger partial charge in [-0.05, 0) is 19.1 Å². The molecule has 0 spiro atoms. The molecule has 0 saturated heterocycles. The Balaban J connectivity index is 2.10. The summed E-state index contributed by atoms with van der Waals surface area (Å²) in [5.74, 6) is 2.08. The van der Waals surface area contributed by atoms with Crippen LogP contribution >= 0.6 is 0 Å². The number of anilines is 3. The van der Waals surface area contributed by atoms with E-state index in [0.29, 0.717) is 30.4 Å². The Morgan fingerprint density at radius 1 is 1.21 bits per heavy atom. The van der Waals surface area contributed by atoms with E-state index in [-0.39, 0.29) is 0 Å². The zero-order chi connectivity index (χ0) is 13.5. The molecule has 0 radical (unpaired) electrons. The summed E-state index contributed by atoms with van der Waals surface area (Å²) in [6.07, 6.45) is 3.86. The molecule has 19 heavy (non-hydrogen) atoms. The minimum atomic E-state index is 0.441. The van der Waals surface area contributed by atoms with Gasteiger partial charge in [-0.3, -0.25) is 4.98 Å². The molecule has 2 heterocycles. The van der Waals surface area contributed by atoms with Crippen molar-refractivity contribution in [1.29, 1.82) is 5.26 Å². The minimum Gasteiger partial charge on any atom is -0.369 e. The summed E-state index contributed by atoms with van der Waals surface area (Å²) in [4.78, 5) is 12.5. The highest BCUT2D eigenvalue weighted by Crippen LogP contribution is 2.16. The van der Waals surface area contributed by atoms with Crippen LogP contribution in [0.3, 0.4) is 0 Å². The van der Waals surface area contributed by atoms with E-state index >= 15 is 0 Å². The molecule has 6 nitrogen and oxygen atoms in total.